The van der Waals surface area contributed by atoms with Crippen molar-refractivity contribution in [3.63, 3.8) is 0 Å². The number of phenols is 7. The fourth-order valence-electron chi connectivity index (χ4n) is 7.83. The summed E-state index contributed by atoms with van der Waals surface area (Å²) in [4.78, 5) is 29.4. The highest BCUT2D eigenvalue weighted by Gasteiger charge is 2.70. The minimum Gasteiger partial charge on any atom is -0.508 e. The number of phenolic OH excluding ortho intramolecular Hbond substituents is 7. The molecule has 4 aromatic rings. The molecule has 8 N–H and O–H groups in total. The first-order chi connectivity index (χ1) is 24.5. The van der Waals surface area contributed by atoms with Crippen LogP contribution < -0.4 is 9.47 Å². The minimum absolute atomic E-state index is 0.0304. The highest BCUT2D eigenvalue weighted by Crippen LogP contribution is 2.60. The highest BCUT2D eigenvalue weighted by atomic mass is 16.7. The minimum atomic E-state index is -2.45. The molecular weight excluding hydrogens is 672 g/mol. The number of hydrogen-bond acceptors (Lipinski definition) is 12. The predicted molar refractivity (Wildman–Crippen MR) is 185 cm³/mol. The fourth-order valence-corrected chi connectivity index (χ4v) is 7.83. The third-order valence-corrected chi connectivity index (χ3v) is 10.2. The number of rotatable bonds is 6. The molecule has 0 saturated heterocycles. The Labute approximate surface area is 297 Å². The summed E-state index contributed by atoms with van der Waals surface area (Å²) in [5, 5.41) is 87.7. The van der Waals surface area contributed by atoms with E-state index in [9.17, 15) is 50.4 Å². The van der Waals surface area contributed by atoms with Crippen LogP contribution in [-0.2, 0) is 5.79 Å². The number of aliphatic hydroxyl groups is 1. The number of Topliss-reactive ketones (excluding diaryl/α,β-unsaturated/α-hetero) is 2. The van der Waals surface area contributed by atoms with Crippen molar-refractivity contribution in [2.24, 2.45) is 5.92 Å². The second kappa shape index (κ2) is 12.0. The number of benzene rings is 4. The molecule has 3 aliphatic rings. The molecule has 5 atom stereocenters. The third-order valence-electron chi connectivity index (χ3n) is 10.2. The molecule has 268 valence electrons. The molecule has 0 radical (unpaired) electrons. The largest absolute Gasteiger partial charge is 0.508 e. The summed E-state index contributed by atoms with van der Waals surface area (Å²) >= 11 is 0. The number of carbonyl (C=O) groups excluding carboxylic acids is 2. The van der Waals surface area contributed by atoms with Crippen LogP contribution in [0.1, 0.15) is 82.9 Å². The van der Waals surface area contributed by atoms with E-state index >= 15 is 0 Å². The number of ketones is 2. The van der Waals surface area contributed by atoms with Crippen molar-refractivity contribution in [3.8, 4) is 51.7 Å². The Morgan fingerprint density at radius 2 is 1.50 bits per heavy atom. The lowest BCUT2D eigenvalue weighted by Gasteiger charge is -2.43. The van der Waals surface area contributed by atoms with Gasteiger partial charge in [0.1, 0.15) is 57.3 Å². The maximum Gasteiger partial charge on any atom is 0.286 e. The zero-order valence-electron chi connectivity index (χ0n) is 28.3. The van der Waals surface area contributed by atoms with Crippen molar-refractivity contribution in [1.29, 1.82) is 0 Å². The average Bonchev–Trinajstić information content (AvgIpc) is 3.30. The first kappa shape index (κ1) is 34.3. The number of aromatic hydroxyl groups is 7. The van der Waals surface area contributed by atoms with Gasteiger partial charge in [0.15, 0.2) is 5.78 Å². The third kappa shape index (κ3) is 5.17. The van der Waals surface area contributed by atoms with Crippen LogP contribution in [-0.4, -0.2) is 58.0 Å². The zero-order valence-corrected chi connectivity index (χ0v) is 28.3. The molecule has 12 nitrogen and oxygen atoms in total. The summed E-state index contributed by atoms with van der Waals surface area (Å²) in [5.41, 5.74) is -1.20. The second-order valence-electron chi connectivity index (χ2n) is 13.9. The number of ether oxygens (including phenoxy) is 2. The lowest BCUT2D eigenvalue weighted by molar-refractivity contribution is -0.221. The number of allylic oxidation sites excluding steroid dienone is 3. The van der Waals surface area contributed by atoms with Crippen LogP contribution in [0.15, 0.2) is 84.0 Å². The van der Waals surface area contributed by atoms with Crippen molar-refractivity contribution in [2.75, 3.05) is 0 Å². The van der Waals surface area contributed by atoms with Crippen LogP contribution in [0.2, 0.25) is 0 Å². The molecule has 0 bridgehead atoms. The smallest absolute Gasteiger partial charge is 0.286 e. The van der Waals surface area contributed by atoms with Gasteiger partial charge in [-0.2, -0.15) is 0 Å². The van der Waals surface area contributed by atoms with Gasteiger partial charge in [0, 0.05) is 59.6 Å². The van der Waals surface area contributed by atoms with E-state index in [4.69, 9.17) is 9.47 Å². The summed E-state index contributed by atoms with van der Waals surface area (Å²) in [7, 11) is 0. The van der Waals surface area contributed by atoms with Gasteiger partial charge in [0.25, 0.3) is 5.79 Å². The lowest BCUT2D eigenvalue weighted by atomic mass is 9.65. The molecule has 4 aromatic carbocycles. The quantitative estimate of drug-likeness (QED) is 0.0824. The Hall–Kier alpha value is -6.14. The van der Waals surface area contributed by atoms with E-state index in [1.54, 1.807) is 32.9 Å². The Kier molecular flexibility index (Phi) is 7.91. The Morgan fingerprint density at radius 1 is 0.827 bits per heavy atom. The molecule has 52 heavy (non-hydrogen) atoms. The molecular formula is C40H36O12. The van der Waals surface area contributed by atoms with Crippen LogP contribution in [0.3, 0.4) is 0 Å². The Bertz CT molecular complexity index is 2230. The van der Waals surface area contributed by atoms with Crippen LogP contribution in [0.5, 0.6) is 51.7 Å². The van der Waals surface area contributed by atoms with E-state index in [0.29, 0.717) is 5.57 Å². The first-order valence-electron chi connectivity index (χ1n) is 16.5. The summed E-state index contributed by atoms with van der Waals surface area (Å²) in [6, 6.07) is 12.2. The molecule has 0 spiro atoms. The molecule has 0 amide bonds. The highest BCUT2D eigenvalue weighted by molar-refractivity contribution is 6.10. The summed E-state index contributed by atoms with van der Waals surface area (Å²) < 4.78 is 12.3. The van der Waals surface area contributed by atoms with Gasteiger partial charge in [0.05, 0.1) is 5.56 Å². The first-order valence-corrected chi connectivity index (χ1v) is 16.5. The van der Waals surface area contributed by atoms with E-state index < -0.39 is 69.3 Å². The van der Waals surface area contributed by atoms with E-state index in [-0.39, 0.29) is 63.8 Å². The van der Waals surface area contributed by atoms with Gasteiger partial charge in [-0.3, -0.25) is 9.59 Å². The van der Waals surface area contributed by atoms with Gasteiger partial charge >= 0.3 is 0 Å². The Balaban J connectivity index is 1.44. The molecule has 0 saturated carbocycles. The van der Waals surface area contributed by atoms with Crippen LogP contribution in [0.25, 0.3) is 0 Å². The van der Waals surface area contributed by atoms with Crippen molar-refractivity contribution in [1.82, 2.24) is 0 Å². The van der Waals surface area contributed by atoms with E-state index in [0.717, 1.165) is 35.9 Å². The predicted octanol–water partition coefficient (Wildman–Crippen LogP) is 6.25. The summed E-state index contributed by atoms with van der Waals surface area (Å²) in [5.74, 6) is -10.5. The molecule has 12 heteroatoms. The maximum absolute atomic E-state index is 14.8. The van der Waals surface area contributed by atoms with Crippen molar-refractivity contribution in [3.05, 3.63) is 112 Å². The molecule has 2 heterocycles. The van der Waals surface area contributed by atoms with Crippen LogP contribution >= 0.6 is 0 Å². The normalized spacial score (nSPS) is 24.4. The van der Waals surface area contributed by atoms with Gasteiger partial charge in [-0.1, -0.05) is 29.4 Å². The van der Waals surface area contributed by atoms with Gasteiger partial charge in [-0.25, -0.2) is 0 Å². The molecule has 7 rings (SSSR count). The topological polar surface area (TPSA) is 214 Å². The van der Waals surface area contributed by atoms with E-state index in [1.165, 1.54) is 30.3 Å². The number of fused-ring (bicyclic) bond motifs is 4. The van der Waals surface area contributed by atoms with Gasteiger partial charge in [0.2, 0.25) is 11.4 Å². The second-order valence-corrected chi connectivity index (χ2v) is 13.9. The van der Waals surface area contributed by atoms with Crippen molar-refractivity contribution in [2.45, 2.75) is 56.8 Å². The summed E-state index contributed by atoms with van der Waals surface area (Å²) in [6.45, 7) is 5.32. The lowest BCUT2D eigenvalue weighted by Crippen LogP contribution is -2.62. The van der Waals surface area contributed by atoms with E-state index in [2.05, 4.69) is 0 Å². The number of hydrogen-bond donors (Lipinski definition) is 8. The Morgan fingerprint density at radius 3 is 2.17 bits per heavy atom. The standard InChI is InChI=1S/C40H36O12/c1-18(2)8-9-39-38(49)35-32(52-40(39,50)28-7-5-22(42)16-31(28)51-39)17-30(46)34(37(35)48)27-11-19(3)10-26(25-6-4-21(41)15-29(25)45)33(27)36(47)20-12-23(43)14-24(44)13-20/h4-8,11-17,26-27,33,41-46,48,50H,9-10H2,1-3H3. The van der Waals surface area contributed by atoms with Gasteiger partial charge in [-0.15, -0.1) is 0 Å². The molecule has 1 aliphatic carbocycles. The van der Waals surface area contributed by atoms with Gasteiger partial charge < -0.3 is 50.3 Å². The van der Waals surface area contributed by atoms with Crippen molar-refractivity contribution < 1.29 is 59.9 Å². The molecule has 2 aliphatic heterocycles. The monoisotopic (exact) mass is 708 g/mol. The summed E-state index contributed by atoms with van der Waals surface area (Å²) in [6.07, 6.45) is 3.29. The SMILES string of the molecule is CC(C)=CCC12Oc3cc(O)ccc3C1(O)Oc1cc(O)c(C3C=C(C)CC(c4ccc(O)cc4O)C3C(=O)c3cc(O)cc(O)c3)c(O)c1C2=O. The fraction of sp³-hybridized carbons (Fsp3) is 0.250. The molecule has 0 aromatic heterocycles. The number of carbonyl (C=O) groups is 2. The maximum atomic E-state index is 14.8. The molecule has 0 fully saturated rings. The van der Waals surface area contributed by atoms with Crippen molar-refractivity contribution >= 4 is 11.6 Å². The van der Waals surface area contributed by atoms with Gasteiger partial charge in [-0.05, 0) is 63.1 Å². The van der Waals surface area contributed by atoms with Crippen LogP contribution in [0.4, 0.5) is 0 Å². The average molecular weight is 709 g/mol. The van der Waals surface area contributed by atoms with E-state index in [1.807, 2.05) is 0 Å². The van der Waals surface area contributed by atoms with Crippen LogP contribution in [0, 0.1) is 5.92 Å². The molecule has 5 unspecified atom stereocenters. The zero-order chi connectivity index (χ0) is 37.4.